The number of nitrogens with zero attached hydrogens (tertiary/aromatic N) is 1. The maximum absolute atomic E-state index is 13.7. The van der Waals surface area contributed by atoms with Crippen LogP contribution >= 0.6 is 28.3 Å². The molecule has 0 saturated carbocycles. The highest BCUT2D eigenvalue weighted by Gasteiger charge is 2.19. The van der Waals surface area contributed by atoms with E-state index >= 15 is 0 Å². The first-order valence-electron chi connectivity index (χ1n) is 5.67. The van der Waals surface area contributed by atoms with Gasteiger partial charge in [0.1, 0.15) is 5.82 Å². The van der Waals surface area contributed by atoms with E-state index in [0.29, 0.717) is 25.3 Å². The molecule has 1 saturated heterocycles. The molecule has 1 heterocycles. The zero-order valence-corrected chi connectivity index (χ0v) is 12.3. The fourth-order valence-corrected chi connectivity index (χ4v) is 2.29. The van der Waals surface area contributed by atoms with Gasteiger partial charge >= 0.3 is 0 Å². The largest absolute Gasteiger partial charge is 0.374 e. The number of benzene rings is 1. The maximum atomic E-state index is 13.7. The van der Waals surface area contributed by atoms with Crippen molar-refractivity contribution in [3.8, 4) is 0 Å². The van der Waals surface area contributed by atoms with E-state index in [9.17, 15) is 4.39 Å². The summed E-state index contributed by atoms with van der Waals surface area (Å²) >= 11 is 3.25. The van der Waals surface area contributed by atoms with E-state index in [1.165, 1.54) is 6.07 Å². The fourth-order valence-electron chi connectivity index (χ4n) is 1.96. The van der Waals surface area contributed by atoms with E-state index in [-0.39, 0.29) is 24.3 Å². The molecular weight excluding hydrogens is 323 g/mol. The third-order valence-corrected chi connectivity index (χ3v) is 3.39. The second-order valence-corrected chi connectivity index (χ2v) is 5.12. The van der Waals surface area contributed by atoms with Crippen LogP contribution in [0.2, 0.25) is 0 Å². The van der Waals surface area contributed by atoms with Crippen molar-refractivity contribution >= 4 is 28.3 Å². The lowest BCUT2D eigenvalue weighted by molar-refractivity contribution is -0.0263. The van der Waals surface area contributed by atoms with Gasteiger partial charge < -0.3 is 10.5 Å². The Morgan fingerprint density at radius 1 is 1.50 bits per heavy atom. The van der Waals surface area contributed by atoms with Crippen molar-refractivity contribution in [2.45, 2.75) is 12.6 Å². The van der Waals surface area contributed by atoms with Crippen molar-refractivity contribution < 1.29 is 9.13 Å². The zero-order chi connectivity index (χ0) is 12.3. The van der Waals surface area contributed by atoms with Crippen molar-refractivity contribution in [2.24, 2.45) is 5.73 Å². The highest BCUT2D eigenvalue weighted by Crippen LogP contribution is 2.17. The van der Waals surface area contributed by atoms with Gasteiger partial charge in [-0.1, -0.05) is 22.0 Å². The number of ether oxygens (including phenoxy) is 1. The first-order valence-corrected chi connectivity index (χ1v) is 6.46. The average Bonchev–Trinajstić information content (AvgIpc) is 2.33. The summed E-state index contributed by atoms with van der Waals surface area (Å²) in [6.45, 7) is 3.39. The SMILES string of the molecule is Cl.NCC1CN(Cc2ccc(Br)cc2F)CCO1. The van der Waals surface area contributed by atoms with Gasteiger partial charge in [-0.2, -0.15) is 0 Å². The first-order chi connectivity index (χ1) is 8.19. The predicted molar refractivity (Wildman–Crippen MR) is 75.4 cm³/mol. The number of rotatable bonds is 3. The number of halogens is 3. The standard InChI is InChI=1S/C12H16BrFN2O.ClH/c13-10-2-1-9(12(14)5-10)7-16-3-4-17-11(6-15)8-16;/h1-2,5,11H,3-4,6-8,15H2;1H. The summed E-state index contributed by atoms with van der Waals surface area (Å²) in [5.41, 5.74) is 6.29. The summed E-state index contributed by atoms with van der Waals surface area (Å²) in [5.74, 6) is -0.171. The Morgan fingerprint density at radius 2 is 2.28 bits per heavy atom. The van der Waals surface area contributed by atoms with E-state index in [1.54, 1.807) is 0 Å². The summed E-state index contributed by atoms with van der Waals surface area (Å²) in [6, 6.07) is 5.17. The predicted octanol–water partition coefficient (Wildman–Crippen LogP) is 2.17. The van der Waals surface area contributed by atoms with Crippen LogP contribution in [0.1, 0.15) is 5.56 Å². The minimum atomic E-state index is -0.171. The molecule has 0 spiro atoms. The van der Waals surface area contributed by atoms with Crippen molar-refractivity contribution in [3.63, 3.8) is 0 Å². The van der Waals surface area contributed by atoms with Gasteiger partial charge in [0.25, 0.3) is 0 Å². The van der Waals surface area contributed by atoms with Gasteiger partial charge in [-0.3, -0.25) is 4.90 Å². The monoisotopic (exact) mass is 338 g/mol. The summed E-state index contributed by atoms with van der Waals surface area (Å²) in [7, 11) is 0. The Balaban J connectivity index is 0.00000162. The molecule has 0 bridgehead atoms. The number of hydrogen-bond acceptors (Lipinski definition) is 3. The van der Waals surface area contributed by atoms with Gasteiger partial charge in [-0.25, -0.2) is 4.39 Å². The molecule has 0 aliphatic carbocycles. The van der Waals surface area contributed by atoms with Gasteiger partial charge in [0.05, 0.1) is 12.7 Å². The van der Waals surface area contributed by atoms with Crippen molar-refractivity contribution in [1.82, 2.24) is 4.90 Å². The van der Waals surface area contributed by atoms with E-state index in [0.717, 1.165) is 17.6 Å². The minimum absolute atomic E-state index is 0. The lowest BCUT2D eigenvalue weighted by atomic mass is 10.2. The van der Waals surface area contributed by atoms with Crippen LogP contribution in [0.5, 0.6) is 0 Å². The Kier molecular flexibility index (Phi) is 6.52. The normalized spacial score (nSPS) is 20.5. The highest BCUT2D eigenvalue weighted by molar-refractivity contribution is 9.10. The Labute approximate surface area is 121 Å². The molecule has 1 aliphatic rings. The average molecular weight is 340 g/mol. The van der Waals surface area contributed by atoms with Gasteiger partial charge in [0, 0.05) is 36.2 Å². The third kappa shape index (κ3) is 4.17. The molecule has 1 aromatic carbocycles. The van der Waals surface area contributed by atoms with E-state index in [1.807, 2.05) is 12.1 Å². The molecule has 1 unspecified atom stereocenters. The van der Waals surface area contributed by atoms with E-state index in [4.69, 9.17) is 10.5 Å². The molecule has 2 rings (SSSR count). The quantitative estimate of drug-likeness (QED) is 0.917. The maximum Gasteiger partial charge on any atom is 0.128 e. The number of nitrogens with two attached hydrogens (primary N) is 1. The highest BCUT2D eigenvalue weighted by atomic mass is 79.9. The van der Waals surface area contributed by atoms with Crippen LogP contribution in [0.25, 0.3) is 0 Å². The molecule has 2 N–H and O–H groups in total. The Hall–Kier alpha value is -0.200. The fraction of sp³-hybridized carbons (Fsp3) is 0.500. The number of hydrogen-bond donors (Lipinski definition) is 1. The molecule has 1 fully saturated rings. The zero-order valence-electron chi connectivity index (χ0n) is 9.94. The topological polar surface area (TPSA) is 38.5 Å². The van der Waals surface area contributed by atoms with Crippen LogP contribution in [-0.2, 0) is 11.3 Å². The van der Waals surface area contributed by atoms with Crippen LogP contribution in [0.15, 0.2) is 22.7 Å². The summed E-state index contributed by atoms with van der Waals surface area (Å²) < 4.78 is 19.9. The minimum Gasteiger partial charge on any atom is -0.374 e. The molecule has 0 amide bonds. The molecule has 6 heteroatoms. The van der Waals surface area contributed by atoms with Crippen molar-refractivity contribution in [1.29, 1.82) is 0 Å². The van der Waals surface area contributed by atoms with Gasteiger partial charge in [-0.05, 0) is 12.1 Å². The third-order valence-electron chi connectivity index (χ3n) is 2.89. The van der Waals surface area contributed by atoms with Crippen LogP contribution in [0.4, 0.5) is 4.39 Å². The smallest absolute Gasteiger partial charge is 0.128 e. The van der Waals surface area contributed by atoms with E-state index in [2.05, 4.69) is 20.8 Å². The van der Waals surface area contributed by atoms with Crippen LogP contribution in [0, 0.1) is 5.82 Å². The summed E-state index contributed by atoms with van der Waals surface area (Å²) in [5, 5.41) is 0. The lowest BCUT2D eigenvalue weighted by Gasteiger charge is -2.32. The molecule has 0 radical (unpaired) electrons. The van der Waals surface area contributed by atoms with Gasteiger partial charge in [0.2, 0.25) is 0 Å². The Bertz CT molecular complexity index is 394. The molecule has 1 aromatic rings. The van der Waals surface area contributed by atoms with Crippen molar-refractivity contribution in [2.75, 3.05) is 26.2 Å². The summed E-state index contributed by atoms with van der Waals surface area (Å²) in [4.78, 5) is 2.17. The molecule has 102 valence electrons. The lowest BCUT2D eigenvalue weighted by Crippen LogP contribution is -2.45. The molecular formula is C12H17BrClFN2O. The molecule has 3 nitrogen and oxygen atoms in total. The van der Waals surface area contributed by atoms with Gasteiger partial charge in [-0.15, -0.1) is 12.4 Å². The van der Waals surface area contributed by atoms with Crippen LogP contribution in [0.3, 0.4) is 0 Å². The van der Waals surface area contributed by atoms with Crippen molar-refractivity contribution in [3.05, 3.63) is 34.1 Å². The summed E-state index contributed by atoms with van der Waals surface area (Å²) in [6.07, 6.45) is 0.0715. The molecule has 1 atom stereocenters. The second kappa shape index (κ2) is 7.40. The molecule has 0 aromatic heterocycles. The first kappa shape index (κ1) is 15.9. The Morgan fingerprint density at radius 3 is 2.94 bits per heavy atom. The van der Waals surface area contributed by atoms with Crippen LogP contribution < -0.4 is 5.73 Å². The molecule has 18 heavy (non-hydrogen) atoms. The second-order valence-electron chi connectivity index (χ2n) is 4.20. The van der Waals surface area contributed by atoms with Crippen LogP contribution in [-0.4, -0.2) is 37.2 Å². The molecule has 1 aliphatic heterocycles. The van der Waals surface area contributed by atoms with E-state index < -0.39 is 0 Å². The number of morpholine rings is 1. The van der Waals surface area contributed by atoms with Gasteiger partial charge in [0.15, 0.2) is 0 Å².